The van der Waals surface area contributed by atoms with Crippen molar-refractivity contribution < 1.29 is 13.2 Å². The van der Waals surface area contributed by atoms with Crippen LogP contribution in [0.3, 0.4) is 0 Å². The molecule has 126 valence electrons. The highest BCUT2D eigenvalue weighted by molar-refractivity contribution is 6.31. The number of hydrogen-bond acceptors (Lipinski definition) is 1. The SMILES string of the molecule is FC(F)(F)c1ccc(Cl)c(CNCCc2c[nH]c3ccccc23)c1. The predicted molar refractivity (Wildman–Crippen MR) is 90.2 cm³/mol. The van der Waals surface area contributed by atoms with Crippen LogP contribution >= 0.6 is 11.6 Å². The highest BCUT2D eigenvalue weighted by Crippen LogP contribution is 2.31. The summed E-state index contributed by atoms with van der Waals surface area (Å²) in [7, 11) is 0. The molecule has 0 bridgehead atoms. The van der Waals surface area contributed by atoms with Gasteiger partial charge in [0.15, 0.2) is 0 Å². The third kappa shape index (κ3) is 3.74. The summed E-state index contributed by atoms with van der Waals surface area (Å²) in [6.07, 6.45) is -1.62. The standard InChI is InChI=1S/C18H16ClF3N2/c19-16-6-5-14(18(20,21)22)9-13(16)10-23-8-7-12-11-24-17-4-2-1-3-15(12)17/h1-6,9,11,23-24H,7-8,10H2. The number of fused-ring (bicyclic) bond motifs is 1. The number of para-hydroxylation sites is 1. The number of aromatic amines is 1. The molecule has 0 atom stereocenters. The zero-order valence-corrected chi connectivity index (χ0v) is 13.5. The number of H-pyrrole nitrogens is 1. The minimum absolute atomic E-state index is 0.297. The van der Waals surface area contributed by atoms with E-state index in [-0.39, 0.29) is 0 Å². The Bertz CT molecular complexity index is 840. The fourth-order valence-electron chi connectivity index (χ4n) is 2.67. The largest absolute Gasteiger partial charge is 0.416 e. The number of nitrogens with one attached hydrogen (secondary N) is 2. The van der Waals surface area contributed by atoms with E-state index in [1.165, 1.54) is 11.6 Å². The molecule has 0 unspecified atom stereocenters. The third-order valence-corrected chi connectivity index (χ3v) is 4.30. The summed E-state index contributed by atoms with van der Waals surface area (Å²) in [6, 6.07) is 11.4. The third-order valence-electron chi connectivity index (χ3n) is 3.93. The fraction of sp³-hybridized carbons (Fsp3) is 0.222. The normalized spacial score (nSPS) is 12.0. The molecular weight excluding hydrogens is 337 g/mol. The Labute approximate surface area is 142 Å². The van der Waals surface area contributed by atoms with Gasteiger partial charge in [-0.3, -0.25) is 0 Å². The van der Waals surface area contributed by atoms with E-state index in [1.54, 1.807) is 0 Å². The second-order valence-electron chi connectivity index (χ2n) is 5.59. The van der Waals surface area contributed by atoms with Crippen LogP contribution in [0.1, 0.15) is 16.7 Å². The van der Waals surface area contributed by atoms with Gasteiger partial charge < -0.3 is 10.3 Å². The number of alkyl halides is 3. The van der Waals surface area contributed by atoms with Crippen molar-refractivity contribution in [1.29, 1.82) is 0 Å². The maximum atomic E-state index is 12.8. The molecule has 0 saturated carbocycles. The zero-order valence-electron chi connectivity index (χ0n) is 12.8. The Morgan fingerprint density at radius 1 is 1.04 bits per heavy atom. The quantitative estimate of drug-likeness (QED) is 0.609. The lowest BCUT2D eigenvalue weighted by atomic mass is 10.1. The predicted octanol–water partition coefficient (Wildman–Crippen LogP) is 5.17. The zero-order chi connectivity index (χ0) is 17.2. The van der Waals surface area contributed by atoms with Crippen molar-refractivity contribution in [2.45, 2.75) is 19.1 Å². The molecule has 1 aromatic heterocycles. The second kappa shape index (κ2) is 6.87. The number of rotatable bonds is 5. The van der Waals surface area contributed by atoms with Crippen LogP contribution in [0.5, 0.6) is 0 Å². The molecule has 3 aromatic rings. The second-order valence-corrected chi connectivity index (χ2v) is 6.00. The minimum Gasteiger partial charge on any atom is -0.361 e. The minimum atomic E-state index is -4.36. The first-order chi connectivity index (χ1) is 11.4. The van der Waals surface area contributed by atoms with Crippen molar-refractivity contribution in [2.24, 2.45) is 0 Å². The van der Waals surface area contributed by atoms with E-state index < -0.39 is 11.7 Å². The van der Waals surface area contributed by atoms with Crippen molar-refractivity contribution in [2.75, 3.05) is 6.54 Å². The van der Waals surface area contributed by atoms with Gasteiger partial charge in [-0.05, 0) is 48.4 Å². The molecule has 0 aliphatic heterocycles. The summed E-state index contributed by atoms with van der Waals surface area (Å²) in [5.41, 5.74) is 2.02. The van der Waals surface area contributed by atoms with Crippen molar-refractivity contribution in [3.63, 3.8) is 0 Å². The summed E-state index contributed by atoms with van der Waals surface area (Å²) in [5, 5.41) is 4.66. The molecule has 2 aromatic carbocycles. The summed E-state index contributed by atoms with van der Waals surface area (Å²) in [4.78, 5) is 3.21. The van der Waals surface area contributed by atoms with Gasteiger partial charge in [0.2, 0.25) is 0 Å². The van der Waals surface area contributed by atoms with Crippen molar-refractivity contribution in [3.8, 4) is 0 Å². The van der Waals surface area contributed by atoms with Crippen molar-refractivity contribution >= 4 is 22.5 Å². The monoisotopic (exact) mass is 352 g/mol. The van der Waals surface area contributed by atoms with E-state index in [0.29, 0.717) is 23.7 Å². The molecule has 3 rings (SSSR count). The lowest BCUT2D eigenvalue weighted by Gasteiger charge is -2.11. The topological polar surface area (TPSA) is 27.8 Å². The Morgan fingerprint density at radius 2 is 1.83 bits per heavy atom. The van der Waals surface area contributed by atoms with Crippen LogP contribution in [0.4, 0.5) is 13.2 Å². The summed E-state index contributed by atoms with van der Waals surface area (Å²) in [6.45, 7) is 0.944. The Kier molecular flexibility index (Phi) is 4.83. The fourth-order valence-corrected chi connectivity index (χ4v) is 2.86. The van der Waals surface area contributed by atoms with Crippen LogP contribution in [0.25, 0.3) is 10.9 Å². The lowest BCUT2D eigenvalue weighted by molar-refractivity contribution is -0.137. The first-order valence-electron chi connectivity index (χ1n) is 7.56. The van der Waals surface area contributed by atoms with Gasteiger partial charge in [-0.1, -0.05) is 29.8 Å². The highest BCUT2D eigenvalue weighted by atomic mass is 35.5. The van der Waals surface area contributed by atoms with Gasteiger partial charge >= 0.3 is 6.18 Å². The summed E-state index contributed by atoms with van der Waals surface area (Å²) in [5.74, 6) is 0. The molecule has 0 aliphatic carbocycles. The maximum Gasteiger partial charge on any atom is 0.416 e. The molecule has 0 aliphatic rings. The van der Waals surface area contributed by atoms with Gasteiger partial charge in [-0.2, -0.15) is 13.2 Å². The van der Waals surface area contributed by atoms with Crippen LogP contribution in [0.2, 0.25) is 5.02 Å². The van der Waals surface area contributed by atoms with E-state index >= 15 is 0 Å². The molecule has 2 nitrogen and oxygen atoms in total. The van der Waals surface area contributed by atoms with Gasteiger partial charge in [0.1, 0.15) is 0 Å². The average Bonchev–Trinajstić information content (AvgIpc) is 2.95. The molecule has 0 saturated heterocycles. The Morgan fingerprint density at radius 3 is 2.62 bits per heavy atom. The van der Waals surface area contributed by atoms with Gasteiger partial charge in [-0.25, -0.2) is 0 Å². The summed E-state index contributed by atoms with van der Waals surface area (Å²) >= 11 is 5.99. The molecule has 24 heavy (non-hydrogen) atoms. The first-order valence-corrected chi connectivity index (χ1v) is 7.94. The smallest absolute Gasteiger partial charge is 0.361 e. The van der Waals surface area contributed by atoms with Gasteiger partial charge in [-0.15, -0.1) is 0 Å². The van der Waals surface area contributed by atoms with E-state index in [4.69, 9.17) is 11.6 Å². The van der Waals surface area contributed by atoms with Crippen LogP contribution < -0.4 is 5.32 Å². The number of benzene rings is 2. The molecule has 2 N–H and O–H groups in total. The Balaban J connectivity index is 1.61. The first kappa shape index (κ1) is 16.9. The molecular formula is C18H16ClF3N2. The molecule has 6 heteroatoms. The maximum absolute atomic E-state index is 12.8. The van der Waals surface area contributed by atoms with Crippen LogP contribution in [-0.2, 0) is 19.1 Å². The van der Waals surface area contributed by atoms with Gasteiger partial charge in [0.25, 0.3) is 0 Å². The van der Waals surface area contributed by atoms with E-state index in [2.05, 4.69) is 10.3 Å². The van der Waals surface area contributed by atoms with Crippen LogP contribution in [0, 0.1) is 0 Å². The van der Waals surface area contributed by atoms with Gasteiger partial charge in [0, 0.05) is 28.7 Å². The van der Waals surface area contributed by atoms with Crippen LogP contribution in [0.15, 0.2) is 48.7 Å². The van der Waals surface area contributed by atoms with Crippen molar-refractivity contribution in [1.82, 2.24) is 10.3 Å². The van der Waals surface area contributed by atoms with Crippen LogP contribution in [-0.4, -0.2) is 11.5 Å². The van der Waals surface area contributed by atoms with E-state index in [1.807, 2.05) is 30.5 Å². The lowest BCUT2D eigenvalue weighted by Crippen LogP contribution is -2.17. The van der Waals surface area contributed by atoms with E-state index in [9.17, 15) is 13.2 Å². The molecule has 0 amide bonds. The molecule has 0 fully saturated rings. The molecule has 1 heterocycles. The number of aromatic nitrogens is 1. The average molecular weight is 353 g/mol. The molecule has 0 radical (unpaired) electrons. The number of halogens is 4. The molecule has 0 spiro atoms. The van der Waals surface area contributed by atoms with E-state index in [0.717, 1.165) is 29.5 Å². The van der Waals surface area contributed by atoms with Gasteiger partial charge in [0.05, 0.1) is 5.56 Å². The highest BCUT2D eigenvalue weighted by Gasteiger charge is 2.30. The number of hydrogen-bond donors (Lipinski definition) is 2. The Hall–Kier alpha value is -1.98. The summed E-state index contributed by atoms with van der Waals surface area (Å²) < 4.78 is 38.3. The van der Waals surface area contributed by atoms with Crippen molar-refractivity contribution in [3.05, 3.63) is 70.4 Å².